The molecule has 1 atom stereocenters. The van der Waals surface area contributed by atoms with Gasteiger partial charge in [-0.25, -0.2) is 0 Å². The monoisotopic (exact) mass is 348 g/mol. The Bertz CT molecular complexity index is 359. The van der Waals surface area contributed by atoms with E-state index < -0.39 is 0 Å². The van der Waals surface area contributed by atoms with Crippen molar-refractivity contribution in [2.75, 3.05) is 6.61 Å². The highest BCUT2D eigenvalue weighted by molar-refractivity contribution is 14.1. The molecule has 4 heteroatoms. The minimum atomic E-state index is -0.253. The van der Waals surface area contributed by atoms with Crippen LogP contribution < -0.4 is 4.74 Å². The van der Waals surface area contributed by atoms with Crippen LogP contribution in [0.1, 0.15) is 20.8 Å². The van der Waals surface area contributed by atoms with E-state index in [1.807, 2.05) is 38.1 Å². The van der Waals surface area contributed by atoms with Crippen molar-refractivity contribution in [1.29, 1.82) is 0 Å². The smallest absolute Gasteiger partial charge is 0.312 e. The van der Waals surface area contributed by atoms with Gasteiger partial charge in [0.15, 0.2) is 0 Å². The average Bonchev–Trinajstić information content (AvgIpc) is 2.27. The number of halogens is 1. The number of carbonyl (C=O) groups excluding carboxylic acids is 1. The fourth-order valence-corrected chi connectivity index (χ4v) is 1.53. The molecule has 0 spiro atoms. The minimum absolute atomic E-state index is 0.0803. The summed E-state index contributed by atoms with van der Waals surface area (Å²) in [7, 11) is 0. The second-order valence-electron chi connectivity index (χ2n) is 4.15. The molecule has 94 valence electrons. The van der Waals surface area contributed by atoms with Gasteiger partial charge in [-0.1, -0.05) is 0 Å². The molecule has 0 aliphatic rings. The normalized spacial score (nSPS) is 12.3. The van der Waals surface area contributed by atoms with Crippen molar-refractivity contribution in [3.05, 3.63) is 27.8 Å². The lowest BCUT2D eigenvalue weighted by Gasteiger charge is -2.14. The third-order valence-corrected chi connectivity index (χ3v) is 2.79. The van der Waals surface area contributed by atoms with Crippen molar-refractivity contribution in [3.63, 3.8) is 0 Å². The summed E-state index contributed by atoms with van der Waals surface area (Å²) in [5.41, 5.74) is 0. The molecule has 0 aliphatic heterocycles. The Balaban J connectivity index is 2.40. The molecule has 0 radical (unpaired) electrons. The number of ether oxygens (including phenoxy) is 2. The molecule has 3 nitrogen and oxygen atoms in total. The van der Waals surface area contributed by atoms with Gasteiger partial charge < -0.3 is 9.47 Å². The van der Waals surface area contributed by atoms with Crippen molar-refractivity contribution in [2.45, 2.75) is 26.9 Å². The van der Waals surface area contributed by atoms with E-state index in [4.69, 9.17) is 9.47 Å². The summed E-state index contributed by atoms with van der Waals surface area (Å²) in [6.45, 7) is 5.82. The highest BCUT2D eigenvalue weighted by Crippen LogP contribution is 2.14. The second kappa shape index (κ2) is 6.83. The van der Waals surface area contributed by atoms with Crippen LogP contribution in [0.25, 0.3) is 0 Å². The zero-order valence-electron chi connectivity index (χ0n) is 10.3. The van der Waals surface area contributed by atoms with Gasteiger partial charge in [-0.05, 0) is 67.6 Å². The molecular formula is C13H17IO3. The summed E-state index contributed by atoms with van der Waals surface area (Å²) in [5.74, 6) is 0.303. The van der Waals surface area contributed by atoms with E-state index in [-0.39, 0.29) is 18.0 Å². The lowest BCUT2D eigenvalue weighted by atomic mass is 10.2. The van der Waals surface area contributed by atoms with Crippen molar-refractivity contribution < 1.29 is 14.3 Å². The number of rotatable bonds is 5. The molecule has 0 bridgehead atoms. The van der Waals surface area contributed by atoms with Crippen LogP contribution in [-0.2, 0) is 9.53 Å². The molecule has 0 aliphatic carbocycles. The highest BCUT2D eigenvalue weighted by Gasteiger charge is 2.16. The molecule has 0 saturated heterocycles. The van der Waals surface area contributed by atoms with Crippen molar-refractivity contribution in [2.24, 2.45) is 5.92 Å². The molecular weight excluding hydrogens is 331 g/mol. The molecule has 1 unspecified atom stereocenters. The predicted molar refractivity (Wildman–Crippen MR) is 75.0 cm³/mol. The number of carbonyl (C=O) groups is 1. The van der Waals surface area contributed by atoms with Crippen molar-refractivity contribution >= 4 is 28.6 Å². The highest BCUT2D eigenvalue weighted by atomic mass is 127. The summed E-state index contributed by atoms with van der Waals surface area (Å²) >= 11 is 2.23. The van der Waals surface area contributed by atoms with E-state index in [1.54, 1.807) is 6.92 Å². The fraction of sp³-hybridized carbons (Fsp3) is 0.462. The van der Waals surface area contributed by atoms with Gasteiger partial charge in [0, 0.05) is 3.57 Å². The molecule has 17 heavy (non-hydrogen) atoms. The molecule has 0 amide bonds. The fourth-order valence-electron chi connectivity index (χ4n) is 1.17. The summed E-state index contributed by atoms with van der Waals surface area (Å²) in [6.07, 6.45) is -0.0803. The van der Waals surface area contributed by atoms with E-state index in [0.717, 1.165) is 9.32 Å². The van der Waals surface area contributed by atoms with Crippen LogP contribution in [0.4, 0.5) is 0 Å². The third kappa shape index (κ3) is 5.39. The van der Waals surface area contributed by atoms with Crippen LogP contribution in [0.2, 0.25) is 0 Å². The Morgan fingerprint density at radius 1 is 1.24 bits per heavy atom. The predicted octanol–water partition coefficient (Wildman–Crippen LogP) is 3.26. The topological polar surface area (TPSA) is 35.5 Å². The number of hydrogen-bond acceptors (Lipinski definition) is 3. The molecule has 0 aromatic heterocycles. The summed E-state index contributed by atoms with van der Waals surface area (Å²) < 4.78 is 11.8. The first kappa shape index (κ1) is 14.3. The van der Waals surface area contributed by atoms with Crippen molar-refractivity contribution in [1.82, 2.24) is 0 Å². The van der Waals surface area contributed by atoms with Gasteiger partial charge in [-0.15, -0.1) is 0 Å². The maximum absolute atomic E-state index is 11.5. The molecule has 0 N–H and O–H groups in total. The SMILES string of the molecule is CC(C)OC(=O)C(C)COc1ccc(I)cc1. The van der Waals surface area contributed by atoms with E-state index in [1.165, 1.54) is 0 Å². The lowest BCUT2D eigenvalue weighted by Crippen LogP contribution is -2.23. The van der Waals surface area contributed by atoms with Gasteiger partial charge in [-0.3, -0.25) is 4.79 Å². The Morgan fingerprint density at radius 3 is 2.35 bits per heavy atom. The van der Waals surface area contributed by atoms with Crippen LogP contribution >= 0.6 is 22.6 Å². The van der Waals surface area contributed by atoms with Crippen molar-refractivity contribution in [3.8, 4) is 5.75 Å². The Labute approximate surface area is 116 Å². The lowest BCUT2D eigenvalue weighted by molar-refractivity contribution is -0.152. The van der Waals surface area contributed by atoms with Gasteiger partial charge in [0.25, 0.3) is 0 Å². The first-order chi connectivity index (χ1) is 7.99. The second-order valence-corrected chi connectivity index (χ2v) is 5.40. The van der Waals surface area contributed by atoms with E-state index >= 15 is 0 Å². The maximum atomic E-state index is 11.5. The van der Waals surface area contributed by atoms with Crippen LogP contribution in [-0.4, -0.2) is 18.7 Å². The van der Waals surface area contributed by atoms with Gasteiger partial charge in [-0.2, -0.15) is 0 Å². The quantitative estimate of drug-likeness (QED) is 0.605. The molecule has 1 aromatic rings. The minimum Gasteiger partial charge on any atom is -0.493 e. The van der Waals surface area contributed by atoms with E-state index in [0.29, 0.717) is 6.61 Å². The summed E-state index contributed by atoms with van der Waals surface area (Å²) in [6, 6.07) is 7.71. The Kier molecular flexibility index (Phi) is 5.74. The van der Waals surface area contributed by atoms with E-state index in [9.17, 15) is 4.79 Å². The zero-order valence-corrected chi connectivity index (χ0v) is 12.4. The van der Waals surface area contributed by atoms with Crippen LogP contribution in [0, 0.1) is 9.49 Å². The van der Waals surface area contributed by atoms with Crippen LogP contribution in [0.15, 0.2) is 24.3 Å². The maximum Gasteiger partial charge on any atom is 0.312 e. The first-order valence-electron chi connectivity index (χ1n) is 5.58. The van der Waals surface area contributed by atoms with Crippen LogP contribution in [0.3, 0.4) is 0 Å². The zero-order chi connectivity index (χ0) is 12.8. The van der Waals surface area contributed by atoms with Gasteiger partial charge in [0.2, 0.25) is 0 Å². The van der Waals surface area contributed by atoms with Crippen LogP contribution in [0.5, 0.6) is 5.75 Å². The standard InChI is InChI=1S/C13H17IO3/c1-9(2)17-13(15)10(3)8-16-12-6-4-11(14)5-7-12/h4-7,9-10H,8H2,1-3H3. The number of benzene rings is 1. The Hall–Kier alpha value is -0.780. The Morgan fingerprint density at radius 2 is 1.82 bits per heavy atom. The van der Waals surface area contributed by atoms with Gasteiger partial charge in [0.05, 0.1) is 12.0 Å². The number of hydrogen-bond donors (Lipinski definition) is 0. The third-order valence-electron chi connectivity index (χ3n) is 2.07. The summed E-state index contributed by atoms with van der Waals surface area (Å²) in [5, 5.41) is 0. The molecule has 0 saturated carbocycles. The van der Waals surface area contributed by atoms with Gasteiger partial charge >= 0.3 is 5.97 Å². The molecule has 0 heterocycles. The first-order valence-corrected chi connectivity index (χ1v) is 6.65. The largest absolute Gasteiger partial charge is 0.493 e. The summed E-state index contributed by atoms with van der Waals surface area (Å²) in [4.78, 5) is 11.5. The number of esters is 1. The molecule has 0 fully saturated rings. The molecule has 1 aromatic carbocycles. The molecule has 1 rings (SSSR count). The van der Waals surface area contributed by atoms with Gasteiger partial charge in [0.1, 0.15) is 12.4 Å². The van der Waals surface area contributed by atoms with E-state index in [2.05, 4.69) is 22.6 Å². The average molecular weight is 348 g/mol.